The van der Waals surface area contributed by atoms with E-state index < -0.39 is 30.1 Å². The van der Waals surface area contributed by atoms with E-state index in [-0.39, 0.29) is 17.7 Å². The van der Waals surface area contributed by atoms with Crippen molar-refractivity contribution in [2.45, 2.75) is 50.7 Å². The van der Waals surface area contributed by atoms with Crippen LogP contribution in [0.5, 0.6) is 0 Å². The molecular formula is C22H30N2O6. The number of aliphatic carboxylic acids is 2. The van der Waals surface area contributed by atoms with Crippen molar-refractivity contribution in [1.29, 1.82) is 0 Å². The number of fused-ring (bicyclic) bond motifs is 1. The minimum absolute atomic E-state index is 0.124. The maximum Gasteiger partial charge on any atom is 0.326 e. The minimum Gasteiger partial charge on any atom is -0.480 e. The number of benzene rings is 1. The smallest absolute Gasteiger partial charge is 0.326 e. The normalized spacial score (nSPS) is 25.8. The van der Waals surface area contributed by atoms with Crippen molar-refractivity contribution in [3.63, 3.8) is 0 Å². The van der Waals surface area contributed by atoms with E-state index in [9.17, 15) is 24.6 Å². The van der Waals surface area contributed by atoms with Gasteiger partial charge in [-0.1, -0.05) is 30.3 Å². The fourth-order valence-electron chi connectivity index (χ4n) is 4.48. The highest BCUT2D eigenvalue weighted by Gasteiger charge is 2.43. The third-order valence-corrected chi connectivity index (χ3v) is 6.22. The molecule has 8 heteroatoms. The van der Waals surface area contributed by atoms with Crippen LogP contribution in [0.15, 0.2) is 30.3 Å². The summed E-state index contributed by atoms with van der Waals surface area (Å²) in [4.78, 5) is 38.0. The number of piperidine rings is 1. The molecule has 3 rings (SSSR count). The second-order valence-corrected chi connectivity index (χ2v) is 8.27. The Bertz CT molecular complexity index is 755. The summed E-state index contributed by atoms with van der Waals surface area (Å²) in [5.74, 6) is -2.06. The number of carbonyl (C=O) groups excluding carboxylic acids is 1. The Morgan fingerprint density at radius 1 is 1.20 bits per heavy atom. The van der Waals surface area contributed by atoms with Crippen LogP contribution in [0, 0.1) is 11.8 Å². The number of hydrogen-bond donors (Lipinski definition) is 3. The lowest BCUT2D eigenvalue weighted by Crippen LogP contribution is -2.60. The zero-order valence-corrected chi connectivity index (χ0v) is 17.2. The molecule has 0 aromatic heterocycles. The summed E-state index contributed by atoms with van der Waals surface area (Å²) < 4.78 is 5.51. The fourth-order valence-corrected chi connectivity index (χ4v) is 4.48. The van der Waals surface area contributed by atoms with E-state index in [1.54, 1.807) is 6.92 Å². The van der Waals surface area contributed by atoms with E-state index in [0.29, 0.717) is 39.0 Å². The maximum atomic E-state index is 13.1. The molecule has 0 aliphatic carbocycles. The standard InChI is InChI=1S/C22H30N2O6/c1-14(23-18(21(26)27)8-7-15-5-3-2-4-6-15)20(25)24-12-17-13-30-10-9-16(17)11-19(24)22(28)29/h2-6,14,16-19,23H,7-13H2,1H3,(H,26,27)(H,28,29)/t14-,16?,17?,18?,19?/m0/s1. The highest BCUT2D eigenvalue weighted by molar-refractivity contribution is 5.87. The molecule has 5 atom stereocenters. The molecule has 1 amide bonds. The highest BCUT2D eigenvalue weighted by atomic mass is 16.5. The molecule has 0 spiro atoms. The van der Waals surface area contributed by atoms with Gasteiger partial charge in [-0.25, -0.2) is 4.79 Å². The SMILES string of the molecule is C[C@H](NC(CCc1ccccc1)C(=O)O)C(=O)N1CC2COCCC2CC1C(=O)O. The largest absolute Gasteiger partial charge is 0.480 e. The third kappa shape index (κ3) is 5.37. The van der Waals surface area contributed by atoms with Crippen LogP contribution < -0.4 is 5.32 Å². The molecule has 2 aliphatic heterocycles. The molecule has 0 bridgehead atoms. The van der Waals surface area contributed by atoms with Crippen LogP contribution >= 0.6 is 0 Å². The van der Waals surface area contributed by atoms with Crippen molar-refractivity contribution in [3.05, 3.63) is 35.9 Å². The topological polar surface area (TPSA) is 116 Å². The molecule has 3 N–H and O–H groups in total. The van der Waals surface area contributed by atoms with Gasteiger partial charge >= 0.3 is 11.9 Å². The predicted octanol–water partition coefficient (Wildman–Crippen LogP) is 1.39. The number of amides is 1. The van der Waals surface area contributed by atoms with Crippen LogP contribution in [0.25, 0.3) is 0 Å². The Morgan fingerprint density at radius 2 is 1.93 bits per heavy atom. The molecule has 1 aromatic carbocycles. The lowest BCUT2D eigenvalue weighted by Gasteiger charge is -2.45. The van der Waals surface area contributed by atoms with Gasteiger partial charge in [0.15, 0.2) is 0 Å². The van der Waals surface area contributed by atoms with Crippen molar-refractivity contribution in [2.75, 3.05) is 19.8 Å². The molecule has 30 heavy (non-hydrogen) atoms. The van der Waals surface area contributed by atoms with Gasteiger partial charge in [0, 0.05) is 19.1 Å². The summed E-state index contributed by atoms with van der Waals surface area (Å²) in [5.41, 5.74) is 1.02. The van der Waals surface area contributed by atoms with Crippen molar-refractivity contribution >= 4 is 17.8 Å². The van der Waals surface area contributed by atoms with Crippen molar-refractivity contribution < 1.29 is 29.3 Å². The number of ether oxygens (including phenoxy) is 1. The summed E-state index contributed by atoms with van der Waals surface area (Å²) in [6, 6.07) is 6.98. The molecule has 2 aliphatic rings. The zero-order chi connectivity index (χ0) is 21.7. The maximum absolute atomic E-state index is 13.1. The van der Waals surface area contributed by atoms with E-state index in [1.807, 2.05) is 30.3 Å². The van der Waals surface area contributed by atoms with E-state index in [0.717, 1.165) is 12.0 Å². The predicted molar refractivity (Wildman–Crippen MR) is 109 cm³/mol. The van der Waals surface area contributed by atoms with Gasteiger partial charge in [0.05, 0.1) is 12.6 Å². The number of aryl methyl sites for hydroxylation is 1. The number of carboxylic acids is 2. The lowest BCUT2D eigenvalue weighted by atomic mass is 9.79. The average molecular weight is 418 g/mol. The van der Waals surface area contributed by atoms with Crippen LogP contribution in [0.1, 0.15) is 31.7 Å². The van der Waals surface area contributed by atoms with Gasteiger partial charge in [0.1, 0.15) is 12.1 Å². The Morgan fingerprint density at radius 3 is 2.60 bits per heavy atom. The average Bonchev–Trinajstić information content (AvgIpc) is 2.75. The molecule has 2 fully saturated rings. The summed E-state index contributed by atoms with van der Waals surface area (Å²) in [5, 5.41) is 22.2. The number of carbonyl (C=O) groups is 3. The molecular weight excluding hydrogens is 388 g/mol. The monoisotopic (exact) mass is 418 g/mol. The molecule has 2 heterocycles. The second kappa shape index (κ2) is 10.0. The van der Waals surface area contributed by atoms with Crippen molar-refractivity contribution in [2.24, 2.45) is 11.8 Å². The quantitative estimate of drug-likeness (QED) is 0.584. The number of carboxylic acid groups (broad SMARTS) is 2. The number of hydrogen-bond acceptors (Lipinski definition) is 5. The Hall–Kier alpha value is -2.45. The second-order valence-electron chi connectivity index (χ2n) is 8.27. The van der Waals surface area contributed by atoms with E-state index in [4.69, 9.17) is 4.74 Å². The molecule has 164 valence electrons. The number of nitrogens with one attached hydrogen (secondary N) is 1. The highest BCUT2D eigenvalue weighted by Crippen LogP contribution is 2.34. The Balaban J connectivity index is 1.64. The molecule has 0 saturated carbocycles. The van der Waals surface area contributed by atoms with Gasteiger partial charge < -0.3 is 19.8 Å². The van der Waals surface area contributed by atoms with E-state index in [2.05, 4.69) is 5.32 Å². The Kier molecular flexibility index (Phi) is 7.44. The number of nitrogens with zero attached hydrogens (tertiary/aromatic N) is 1. The first-order chi connectivity index (χ1) is 14.4. The van der Waals surface area contributed by atoms with Gasteiger partial charge in [0.2, 0.25) is 5.91 Å². The van der Waals surface area contributed by atoms with Crippen LogP contribution in [0.2, 0.25) is 0 Å². The van der Waals surface area contributed by atoms with Crippen molar-refractivity contribution in [1.82, 2.24) is 10.2 Å². The van der Waals surface area contributed by atoms with Gasteiger partial charge in [-0.05, 0) is 44.1 Å². The van der Waals surface area contributed by atoms with Crippen LogP contribution in [0.3, 0.4) is 0 Å². The van der Waals surface area contributed by atoms with Crippen LogP contribution in [0.4, 0.5) is 0 Å². The summed E-state index contributed by atoms with van der Waals surface area (Å²) in [6.07, 6.45) is 2.12. The van der Waals surface area contributed by atoms with Crippen molar-refractivity contribution in [3.8, 4) is 0 Å². The summed E-state index contributed by atoms with van der Waals surface area (Å²) in [7, 11) is 0. The molecule has 0 radical (unpaired) electrons. The molecule has 1 aromatic rings. The molecule has 8 nitrogen and oxygen atoms in total. The van der Waals surface area contributed by atoms with E-state index >= 15 is 0 Å². The van der Waals surface area contributed by atoms with Gasteiger partial charge in [-0.3, -0.25) is 14.9 Å². The molecule has 4 unspecified atom stereocenters. The van der Waals surface area contributed by atoms with Crippen LogP contribution in [-0.2, 0) is 25.5 Å². The first-order valence-corrected chi connectivity index (χ1v) is 10.5. The van der Waals surface area contributed by atoms with Crippen LogP contribution in [-0.4, -0.2) is 70.8 Å². The Labute approximate surface area is 176 Å². The minimum atomic E-state index is -1.03. The van der Waals surface area contributed by atoms with Gasteiger partial charge in [0.25, 0.3) is 0 Å². The van der Waals surface area contributed by atoms with Gasteiger partial charge in [-0.2, -0.15) is 0 Å². The fraction of sp³-hybridized carbons (Fsp3) is 0.591. The third-order valence-electron chi connectivity index (χ3n) is 6.22. The first kappa shape index (κ1) is 22.2. The first-order valence-electron chi connectivity index (χ1n) is 10.5. The zero-order valence-electron chi connectivity index (χ0n) is 17.2. The number of rotatable bonds is 8. The number of likely N-dealkylation sites (tertiary alicyclic amines) is 1. The summed E-state index contributed by atoms with van der Waals surface area (Å²) in [6.45, 7) is 3.08. The summed E-state index contributed by atoms with van der Waals surface area (Å²) >= 11 is 0. The lowest BCUT2D eigenvalue weighted by molar-refractivity contribution is -0.159. The van der Waals surface area contributed by atoms with Gasteiger partial charge in [-0.15, -0.1) is 0 Å². The molecule has 2 saturated heterocycles. The van der Waals surface area contributed by atoms with E-state index in [1.165, 1.54) is 4.90 Å².